The molecule has 0 heterocycles. The summed E-state index contributed by atoms with van der Waals surface area (Å²) in [4.78, 5) is 38.0. The smallest absolute Gasteiger partial charge is 0.317 e. The molecule has 0 saturated carbocycles. The molecule has 0 fully saturated rings. The molecule has 0 unspecified atom stereocenters. The third kappa shape index (κ3) is 6.63. The van der Waals surface area contributed by atoms with Crippen LogP contribution in [0.3, 0.4) is 0 Å². The zero-order valence-corrected chi connectivity index (χ0v) is 20.4. The van der Waals surface area contributed by atoms with Crippen LogP contribution in [0, 0.1) is 10.8 Å². The van der Waals surface area contributed by atoms with Crippen molar-refractivity contribution in [3.05, 3.63) is 23.8 Å². The first kappa shape index (κ1) is 26.8. The van der Waals surface area contributed by atoms with Crippen LogP contribution in [0.25, 0.3) is 0 Å². The van der Waals surface area contributed by atoms with E-state index < -0.39 is 28.2 Å². The lowest BCUT2D eigenvalue weighted by Crippen LogP contribution is -2.35. The second-order valence-corrected chi connectivity index (χ2v) is 9.96. The monoisotopic (exact) mass is 433 g/mol. The second kappa shape index (κ2) is 10.4. The molecule has 1 aromatic carbocycles. The lowest BCUT2D eigenvalue weighted by atomic mass is 9.80. The van der Waals surface area contributed by atoms with Crippen molar-refractivity contribution in [1.29, 1.82) is 0 Å². The van der Waals surface area contributed by atoms with Gasteiger partial charge >= 0.3 is 11.9 Å². The molecule has 0 aromatic heterocycles. The SMILES string of the molecule is CCCC(C)(C)C(=O)Oc1ccc(C(C)(C)C(=O)CN)cc1OC(=O)C(C)(C)CCC. The van der Waals surface area contributed by atoms with Crippen LogP contribution in [0.4, 0.5) is 0 Å². The summed E-state index contributed by atoms with van der Waals surface area (Å²) < 4.78 is 11.4. The lowest BCUT2D eigenvalue weighted by molar-refractivity contribution is -0.147. The highest BCUT2D eigenvalue weighted by atomic mass is 16.6. The van der Waals surface area contributed by atoms with Crippen LogP contribution < -0.4 is 15.2 Å². The van der Waals surface area contributed by atoms with E-state index in [4.69, 9.17) is 15.2 Å². The summed E-state index contributed by atoms with van der Waals surface area (Å²) in [7, 11) is 0. The van der Waals surface area contributed by atoms with Gasteiger partial charge < -0.3 is 15.2 Å². The minimum atomic E-state index is -0.876. The molecule has 1 aromatic rings. The molecule has 0 aliphatic heterocycles. The van der Waals surface area contributed by atoms with Crippen LogP contribution in [0.2, 0.25) is 0 Å². The maximum atomic E-state index is 12.9. The third-order valence-corrected chi connectivity index (χ3v) is 5.81. The Morgan fingerprint density at radius 2 is 1.26 bits per heavy atom. The third-order valence-electron chi connectivity index (χ3n) is 5.81. The van der Waals surface area contributed by atoms with Gasteiger partial charge in [-0.05, 0) is 72.1 Å². The molecule has 2 N–H and O–H groups in total. The van der Waals surface area contributed by atoms with E-state index in [1.807, 2.05) is 41.5 Å². The summed E-state index contributed by atoms with van der Waals surface area (Å²) in [5, 5.41) is 0. The first-order valence-corrected chi connectivity index (χ1v) is 11.1. The molecular weight excluding hydrogens is 394 g/mol. The van der Waals surface area contributed by atoms with E-state index in [-0.39, 0.29) is 23.8 Å². The van der Waals surface area contributed by atoms with E-state index in [1.54, 1.807) is 32.0 Å². The highest BCUT2D eigenvalue weighted by Gasteiger charge is 2.34. The quantitative estimate of drug-likeness (QED) is 0.392. The van der Waals surface area contributed by atoms with Gasteiger partial charge in [0.05, 0.1) is 17.4 Å². The number of hydrogen-bond donors (Lipinski definition) is 1. The average molecular weight is 434 g/mol. The summed E-state index contributed by atoms with van der Waals surface area (Å²) in [5.74, 6) is -0.672. The van der Waals surface area contributed by atoms with Crippen LogP contribution >= 0.6 is 0 Å². The van der Waals surface area contributed by atoms with E-state index in [0.29, 0.717) is 18.4 Å². The summed E-state index contributed by atoms with van der Waals surface area (Å²) in [6, 6.07) is 4.89. The number of hydrogen-bond acceptors (Lipinski definition) is 6. The predicted octanol–water partition coefficient (Wildman–Crippen LogP) is 4.96. The van der Waals surface area contributed by atoms with Crippen molar-refractivity contribution in [3.63, 3.8) is 0 Å². The molecule has 0 spiro atoms. The van der Waals surface area contributed by atoms with Gasteiger partial charge in [0.1, 0.15) is 0 Å². The van der Waals surface area contributed by atoms with Gasteiger partial charge in [-0.25, -0.2) is 0 Å². The molecule has 6 nitrogen and oxygen atoms in total. The van der Waals surface area contributed by atoms with Gasteiger partial charge in [-0.1, -0.05) is 32.8 Å². The fourth-order valence-corrected chi connectivity index (χ4v) is 3.41. The zero-order chi connectivity index (χ0) is 24.0. The van der Waals surface area contributed by atoms with E-state index in [2.05, 4.69) is 0 Å². The Morgan fingerprint density at radius 3 is 1.68 bits per heavy atom. The van der Waals surface area contributed by atoms with Crippen LogP contribution in [0.5, 0.6) is 11.5 Å². The maximum absolute atomic E-state index is 12.9. The van der Waals surface area contributed by atoms with Crippen molar-refractivity contribution in [2.45, 2.75) is 86.5 Å². The highest BCUT2D eigenvalue weighted by Crippen LogP contribution is 2.37. The molecule has 0 bridgehead atoms. The van der Waals surface area contributed by atoms with E-state index in [1.165, 1.54) is 0 Å². The molecule has 0 atom stereocenters. The minimum absolute atomic E-state index is 0.104. The van der Waals surface area contributed by atoms with Crippen LogP contribution in [0.1, 0.15) is 86.6 Å². The Labute approximate surface area is 186 Å². The fourth-order valence-electron chi connectivity index (χ4n) is 3.41. The molecular formula is C25H39NO5. The largest absolute Gasteiger partial charge is 0.422 e. The lowest BCUT2D eigenvalue weighted by Gasteiger charge is -2.27. The number of ether oxygens (including phenoxy) is 2. The summed E-state index contributed by atoms with van der Waals surface area (Å²) in [5.41, 5.74) is 3.95. The molecule has 6 heteroatoms. The molecule has 0 amide bonds. The van der Waals surface area contributed by atoms with Gasteiger partial charge in [0.15, 0.2) is 17.3 Å². The van der Waals surface area contributed by atoms with Crippen molar-refractivity contribution in [1.82, 2.24) is 0 Å². The molecule has 0 aliphatic carbocycles. The molecule has 0 aliphatic rings. The Balaban J connectivity index is 3.41. The first-order chi connectivity index (χ1) is 14.2. The molecule has 31 heavy (non-hydrogen) atoms. The molecule has 1 rings (SSSR count). The Kier molecular flexibility index (Phi) is 9.00. The number of ketones is 1. The number of Topliss-reactive ketones (excluding diaryl/α,β-unsaturated/α-hetero) is 1. The summed E-state index contributed by atoms with van der Waals surface area (Å²) in [6.07, 6.45) is 2.98. The topological polar surface area (TPSA) is 95.7 Å². The molecule has 174 valence electrons. The van der Waals surface area contributed by atoms with Crippen molar-refractivity contribution in [3.8, 4) is 11.5 Å². The Hall–Kier alpha value is -2.21. The highest BCUT2D eigenvalue weighted by molar-refractivity contribution is 5.91. The van der Waals surface area contributed by atoms with Crippen LogP contribution in [-0.2, 0) is 19.8 Å². The summed E-state index contributed by atoms with van der Waals surface area (Å²) in [6.45, 7) is 14.7. The Bertz CT molecular complexity index is 808. The standard InChI is InChI=1S/C25H39NO5/c1-9-13-23(3,4)21(28)30-18-12-11-17(25(7,8)20(27)16-26)15-19(18)31-22(29)24(5,6)14-10-2/h11-12,15H,9-10,13-14,16,26H2,1-8H3. The second-order valence-electron chi connectivity index (χ2n) is 9.96. The van der Waals surface area contributed by atoms with E-state index in [9.17, 15) is 14.4 Å². The van der Waals surface area contributed by atoms with Crippen molar-refractivity contribution < 1.29 is 23.9 Å². The van der Waals surface area contributed by atoms with Crippen LogP contribution in [-0.4, -0.2) is 24.3 Å². The van der Waals surface area contributed by atoms with E-state index >= 15 is 0 Å². The first-order valence-electron chi connectivity index (χ1n) is 11.1. The van der Waals surface area contributed by atoms with Crippen molar-refractivity contribution >= 4 is 17.7 Å². The number of esters is 2. The molecule has 0 radical (unpaired) electrons. The predicted molar refractivity (Wildman–Crippen MR) is 122 cm³/mol. The normalized spacial score (nSPS) is 12.4. The van der Waals surface area contributed by atoms with E-state index in [0.717, 1.165) is 12.8 Å². The number of carbonyl (C=O) groups excluding carboxylic acids is 3. The van der Waals surface area contributed by atoms with Crippen molar-refractivity contribution in [2.75, 3.05) is 6.54 Å². The van der Waals surface area contributed by atoms with Gasteiger partial charge in [-0.2, -0.15) is 0 Å². The minimum Gasteiger partial charge on any atom is -0.422 e. The fraction of sp³-hybridized carbons (Fsp3) is 0.640. The maximum Gasteiger partial charge on any atom is 0.317 e. The number of benzene rings is 1. The number of nitrogens with two attached hydrogens (primary N) is 1. The van der Waals surface area contributed by atoms with Gasteiger partial charge in [-0.15, -0.1) is 0 Å². The Morgan fingerprint density at radius 1 is 0.806 bits per heavy atom. The summed E-state index contributed by atoms with van der Waals surface area (Å²) >= 11 is 0. The van der Waals surface area contributed by atoms with Gasteiger partial charge in [0.25, 0.3) is 0 Å². The van der Waals surface area contributed by atoms with Crippen molar-refractivity contribution in [2.24, 2.45) is 16.6 Å². The number of rotatable bonds is 11. The van der Waals surface area contributed by atoms with Gasteiger partial charge in [-0.3, -0.25) is 14.4 Å². The zero-order valence-electron chi connectivity index (χ0n) is 20.4. The van der Waals surface area contributed by atoms with Gasteiger partial charge in [0, 0.05) is 5.41 Å². The van der Waals surface area contributed by atoms with Crippen LogP contribution in [0.15, 0.2) is 18.2 Å². The average Bonchev–Trinajstić information content (AvgIpc) is 2.68. The van der Waals surface area contributed by atoms with Gasteiger partial charge in [0.2, 0.25) is 0 Å². The molecule has 0 saturated heterocycles. The number of carbonyl (C=O) groups is 3.